The Morgan fingerprint density at radius 1 is 0.450 bits per heavy atom. The topological polar surface area (TPSA) is 293 Å². The molecule has 532 valence electrons. The van der Waals surface area contributed by atoms with E-state index in [4.69, 9.17) is 65.0 Å². The predicted molar refractivity (Wildman–Crippen MR) is 347 cm³/mol. The number of aryl methyl sites for hydroxylation is 3. The molecule has 3 aromatic heterocycles. The van der Waals surface area contributed by atoms with Gasteiger partial charge >= 0.3 is 42.4 Å². The van der Waals surface area contributed by atoms with Crippen molar-refractivity contribution in [3.8, 4) is 34.9 Å². The number of rotatable bonds is 17. The molecule has 0 fully saturated rings. The predicted octanol–water partition coefficient (Wildman–Crippen LogP) is 15.7. The Kier molecular flexibility index (Phi) is 27.7. The summed E-state index contributed by atoms with van der Waals surface area (Å²) in [6.07, 6.45) is -14.7. The molecule has 6 aromatic carbocycles. The maximum Gasteiger partial charge on any atom is 0.436 e. The zero-order valence-corrected chi connectivity index (χ0v) is 56.3. The highest BCUT2D eigenvalue weighted by Crippen LogP contribution is 2.41. The maximum absolute atomic E-state index is 13.6. The molecule has 0 unspecified atom stereocenters. The highest BCUT2D eigenvalue weighted by molar-refractivity contribution is 6.31. The van der Waals surface area contributed by atoms with Gasteiger partial charge in [-0.15, -0.1) is 12.4 Å². The van der Waals surface area contributed by atoms with Crippen molar-refractivity contribution < 1.29 is 102 Å². The van der Waals surface area contributed by atoms with Crippen molar-refractivity contribution in [3.05, 3.63) is 228 Å². The Hall–Kier alpha value is -10.3. The molecule has 9 rings (SSSR count). The Morgan fingerprint density at radius 3 is 0.990 bits per heavy atom. The zero-order chi connectivity index (χ0) is 73.6. The number of carbonyl (C=O) groups excluding carboxylic acids is 4. The zero-order valence-electron chi connectivity index (χ0n) is 53.2. The van der Waals surface area contributed by atoms with Crippen LogP contribution >= 0.6 is 47.2 Å². The van der Waals surface area contributed by atoms with Crippen LogP contribution in [-0.2, 0) is 49.1 Å². The average Bonchev–Trinajstić information content (AvgIpc) is 1.64. The number of nitrogens with zero attached hydrogens (tertiary/aromatic N) is 6. The van der Waals surface area contributed by atoms with E-state index in [-0.39, 0.29) is 47.2 Å². The van der Waals surface area contributed by atoms with Gasteiger partial charge < -0.3 is 50.3 Å². The van der Waals surface area contributed by atoms with Gasteiger partial charge in [0.2, 0.25) is 17.6 Å². The molecule has 0 spiro atoms. The van der Waals surface area contributed by atoms with Crippen molar-refractivity contribution in [1.29, 1.82) is 0 Å². The van der Waals surface area contributed by atoms with Gasteiger partial charge in [-0.3, -0.25) is 9.59 Å². The molecule has 22 nitrogen and oxygen atoms in total. The molecule has 9 aromatic rings. The first-order chi connectivity index (χ1) is 46.3. The molecule has 0 bridgehead atoms. The number of hydrogen-bond acceptors (Lipinski definition) is 15. The quantitative estimate of drug-likeness (QED) is 0.0418. The van der Waals surface area contributed by atoms with Crippen molar-refractivity contribution in [2.45, 2.75) is 57.4 Å². The molecule has 0 radical (unpaired) electrons. The van der Waals surface area contributed by atoms with Crippen LogP contribution in [0.25, 0.3) is 0 Å². The third-order valence-electron chi connectivity index (χ3n) is 13.5. The fourth-order valence-electron chi connectivity index (χ4n) is 8.69. The fraction of sp³-hybridized carbons (Fsp3) is 0.215. The van der Waals surface area contributed by atoms with Crippen molar-refractivity contribution >= 4 is 82.9 Å². The summed E-state index contributed by atoms with van der Waals surface area (Å²) in [5.74, 6) is -6.83. The molecule has 100 heavy (non-hydrogen) atoms. The lowest BCUT2D eigenvalue weighted by molar-refractivity contribution is -0.142. The number of aromatic nitrogens is 6. The minimum Gasteiger partial charge on any atom is -0.478 e. The second-order valence-electron chi connectivity index (χ2n) is 20.8. The summed E-state index contributed by atoms with van der Waals surface area (Å²) in [4.78, 5) is 70.6. The van der Waals surface area contributed by atoms with Gasteiger partial charge in [0.05, 0.1) is 43.0 Å². The standard InChI is InChI=1S/C22H19ClF3N3O4.C21H17ClF3N3O4.C12H8ClF3N2O3.C10H13NO2.ClH/c1-12(13-7-9-14(10-8-13)21(31)32-3)27-19(30)17-18(22(24,25)26)28-29(2)20(17)33-16-6-4-5-15(23)11-16;1-11(12-6-8-13(9-7-12)20(30)31)26-18(29)16-17(21(23,24)25)27-28(2)19(16)32-15-5-3-4-14(22)10-15;1-18-10(21-7-4-2-3-6(13)5-7)8(11(19)20)9(17-18)12(14,15)16;1-7(11)8-3-5-9(6-4-8)10(12)13-2;/h4-12H,1-3H3,(H,27,30);3-11H,1-2H3,(H,26,29)(H,30,31);2-5H,1H3,(H,19,20);3-7H,11H2,1-2H3;1H/t12-;11-;;7-;/m00.0./s1. The molecule has 0 aliphatic carbocycles. The molecule has 0 saturated heterocycles. The summed E-state index contributed by atoms with van der Waals surface area (Å²) >= 11 is 17.5. The van der Waals surface area contributed by atoms with Gasteiger partial charge in [-0.1, -0.05) is 89.4 Å². The van der Waals surface area contributed by atoms with E-state index in [1.807, 2.05) is 19.1 Å². The molecule has 0 saturated carbocycles. The highest BCUT2D eigenvalue weighted by Gasteiger charge is 2.45. The van der Waals surface area contributed by atoms with E-state index in [1.165, 1.54) is 113 Å². The summed E-state index contributed by atoms with van der Waals surface area (Å²) in [6.45, 7) is 5.04. The van der Waals surface area contributed by atoms with E-state index in [9.17, 15) is 68.3 Å². The maximum atomic E-state index is 13.6. The lowest BCUT2D eigenvalue weighted by Crippen LogP contribution is -2.28. The number of amides is 2. The summed E-state index contributed by atoms with van der Waals surface area (Å²) in [7, 11) is 6.22. The largest absolute Gasteiger partial charge is 0.478 e. The summed E-state index contributed by atoms with van der Waals surface area (Å²) in [6, 6.07) is 35.1. The van der Waals surface area contributed by atoms with Crippen LogP contribution in [0.5, 0.6) is 34.9 Å². The number of aromatic carboxylic acids is 2. The highest BCUT2D eigenvalue weighted by atomic mass is 35.5. The molecule has 2 amide bonds. The molecular formula is C65H58Cl4F9N9O13. The second-order valence-corrected chi connectivity index (χ2v) is 22.1. The van der Waals surface area contributed by atoms with Crippen molar-refractivity contribution in [2.75, 3.05) is 14.2 Å². The van der Waals surface area contributed by atoms with E-state index in [0.29, 0.717) is 42.0 Å². The molecule has 0 aliphatic rings. The lowest BCUT2D eigenvalue weighted by Gasteiger charge is -2.16. The minimum atomic E-state index is -4.91. The number of methoxy groups -OCH3 is 2. The van der Waals surface area contributed by atoms with Crippen molar-refractivity contribution in [2.24, 2.45) is 26.9 Å². The van der Waals surface area contributed by atoms with Gasteiger partial charge in [0.25, 0.3) is 11.8 Å². The summed E-state index contributed by atoms with van der Waals surface area (Å²) < 4.78 is 148. The van der Waals surface area contributed by atoms with E-state index < -0.39 is 112 Å². The first-order valence-electron chi connectivity index (χ1n) is 28.4. The SMILES string of the molecule is COC(=O)c1ccc([C@H](C)N)cc1.COC(=O)c1ccc([C@H](C)NC(=O)c2c(C(F)(F)F)nn(C)c2Oc2cccc(Cl)c2)cc1.C[C@H](NC(=O)c1c(C(F)(F)F)nn(C)c1Oc1cccc(Cl)c1)c1ccc(C(=O)O)cc1.Cl.Cn1nc(C(F)(F)F)c(C(=O)O)c1Oc1cccc(Cl)c1. The third-order valence-corrected chi connectivity index (χ3v) is 14.2. The third kappa shape index (κ3) is 21.3. The first-order valence-corrected chi connectivity index (χ1v) is 29.5. The molecule has 6 N–H and O–H groups in total. The van der Waals surface area contributed by atoms with Crippen LogP contribution in [0.4, 0.5) is 39.5 Å². The molecule has 3 heterocycles. The summed E-state index contributed by atoms with van der Waals surface area (Å²) in [5.41, 5.74) is 1.71. The number of benzene rings is 6. The van der Waals surface area contributed by atoms with Crippen LogP contribution in [0, 0.1) is 0 Å². The van der Waals surface area contributed by atoms with Gasteiger partial charge in [-0.25, -0.2) is 33.2 Å². The number of alkyl halides is 9. The number of carboxylic acid groups (broad SMARTS) is 2. The number of esters is 2. The van der Waals surface area contributed by atoms with Crippen LogP contribution in [0.15, 0.2) is 146 Å². The number of nitrogens with one attached hydrogen (secondary N) is 2. The lowest BCUT2D eigenvalue weighted by atomic mass is 10.1. The van der Waals surface area contributed by atoms with Crippen molar-refractivity contribution in [1.82, 2.24) is 40.0 Å². The van der Waals surface area contributed by atoms with Crippen LogP contribution in [0.1, 0.15) is 135 Å². The van der Waals surface area contributed by atoms with Crippen LogP contribution in [-0.4, -0.2) is 89.5 Å². The number of nitrogens with two attached hydrogens (primary N) is 1. The van der Waals surface area contributed by atoms with E-state index in [2.05, 4.69) is 35.4 Å². The van der Waals surface area contributed by atoms with Gasteiger partial charge in [0.1, 0.15) is 28.4 Å². The molecule has 0 aliphatic heterocycles. The van der Waals surface area contributed by atoms with E-state index >= 15 is 0 Å². The number of ether oxygens (including phenoxy) is 5. The van der Waals surface area contributed by atoms with Gasteiger partial charge in [0.15, 0.2) is 22.6 Å². The van der Waals surface area contributed by atoms with Gasteiger partial charge in [-0.2, -0.15) is 54.8 Å². The number of carbonyl (C=O) groups is 6. The smallest absolute Gasteiger partial charge is 0.436 e. The summed E-state index contributed by atoms with van der Waals surface area (Å²) in [5, 5.41) is 34.0. The fourth-order valence-corrected chi connectivity index (χ4v) is 9.23. The molecular weight excluding hydrogens is 1430 g/mol. The first kappa shape index (κ1) is 80.3. The number of carboxylic acids is 2. The van der Waals surface area contributed by atoms with Crippen LogP contribution in [0.3, 0.4) is 0 Å². The molecule has 35 heteroatoms. The normalized spacial score (nSPS) is 12.0. The van der Waals surface area contributed by atoms with Crippen molar-refractivity contribution in [3.63, 3.8) is 0 Å². The Balaban J connectivity index is 0.000000251. The average molecular weight is 1490 g/mol. The number of hydrogen-bond donors (Lipinski definition) is 5. The minimum absolute atomic E-state index is 0. The monoisotopic (exact) mass is 1480 g/mol. The Labute approximate surface area is 583 Å². The second kappa shape index (κ2) is 34.4. The Bertz CT molecular complexity index is 4380. The van der Waals surface area contributed by atoms with Crippen LogP contribution in [0.2, 0.25) is 15.1 Å². The van der Waals surface area contributed by atoms with Gasteiger partial charge in [0, 0.05) is 42.3 Å². The molecule has 3 atom stereocenters. The van der Waals surface area contributed by atoms with E-state index in [0.717, 1.165) is 22.0 Å². The number of halogens is 13. The van der Waals surface area contributed by atoms with Crippen LogP contribution < -0.4 is 30.6 Å². The van der Waals surface area contributed by atoms with Gasteiger partial charge in [-0.05, 0) is 128 Å². The Morgan fingerprint density at radius 2 is 0.730 bits per heavy atom. The van der Waals surface area contributed by atoms with E-state index in [1.54, 1.807) is 62.4 Å².